The average Bonchev–Trinajstić information content (AvgIpc) is 3.37. The lowest BCUT2D eigenvalue weighted by atomic mass is 10.0. The first-order chi connectivity index (χ1) is 14.2. The topological polar surface area (TPSA) is 70.5 Å². The van der Waals surface area contributed by atoms with E-state index in [4.69, 9.17) is 35.4 Å². The first-order valence-electron chi connectivity index (χ1n) is 9.38. The van der Waals surface area contributed by atoms with Gasteiger partial charge in [-0.2, -0.15) is 0 Å². The number of hydrogen-bond acceptors (Lipinski definition) is 7. The van der Waals surface area contributed by atoms with Gasteiger partial charge in [-0.15, -0.1) is 0 Å². The van der Waals surface area contributed by atoms with Gasteiger partial charge in [0.1, 0.15) is 6.10 Å². The smallest absolute Gasteiger partial charge is 0.231 e. The second kappa shape index (κ2) is 8.80. The number of fused-ring (bicyclic) bond motifs is 1. The van der Waals surface area contributed by atoms with Crippen LogP contribution >= 0.6 is 11.6 Å². The fourth-order valence-electron chi connectivity index (χ4n) is 3.54. The van der Waals surface area contributed by atoms with Crippen LogP contribution in [0.5, 0.6) is 23.0 Å². The maximum atomic E-state index is 6.02. The van der Waals surface area contributed by atoms with E-state index in [9.17, 15) is 0 Å². The Morgan fingerprint density at radius 2 is 2.00 bits per heavy atom. The summed E-state index contributed by atoms with van der Waals surface area (Å²) in [6.07, 6.45) is 1.29. The Morgan fingerprint density at radius 3 is 2.79 bits per heavy atom. The fourth-order valence-corrected chi connectivity index (χ4v) is 3.75. The molecule has 2 aliphatic rings. The van der Waals surface area contributed by atoms with E-state index < -0.39 is 0 Å². The van der Waals surface area contributed by atoms with Crippen molar-refractivity contribution >= 4 is 17.3 Å². The van der Waals surface area contributed by atoms with E-state index in [0.717, 1.165) is 34.8 Å². The van der Waals surface area contributed by atoms with Crippen LogP contribution in [-0.4, -0.2) is 39.4 Å². The molecule has 0 saturated carbocycles. The van der Waals surface area contributed by atoms with Crippen LogP contribution in [0.15, 0.2) is 35.5 Å². The van der Waals surface area contributed by atoms with E-state index in [-0.39, 0.29) is 12.9 Å². The second-order valence-corrected chi connectivity index (χ2v) is 7.30. The molecule has 0 saturated heterocycles. The Hall–Kier alpha value is -2.64. The summed E-state index contributed by atoms with van der Waals surface area (Å²) < 4.78 is 22.1. The standard InChI is InChI=1S/C21H23ClN2O5/c1-25-18-8-14(19(26-2)21-20(18)27-12-28-21)7-17-9-16(24-29-17)11-23-10-13-4-3-5-15(22)6-13/h3-6,8,17,23H,7,9-12H2,1-2H3/t17-/m1/s1. The highest BCUT2D eigenvalue weighted by Crippen LogP contribution is 2.49. The zero-order valence-corrected chi connectivity index (χ0v) is 17.1. The van der Waals surface area contributed by atoms with Crippen LogP contribution in [0.25, 0.3) is 0 Å². The van der Waals surface area contributed by atoms with Crippen LogP contribution < -0.4 is 24.3 Å². The van der Waals surface area contributed by atoms with E-state index in [1.54, 1.807) is 14.2 Å². The molecule has 0 aromatic heterocycles. The molecular formula is C21H23ClN2O5. The summed E-state index contributed by atoms with van der Waals surface area (Å²) in [5.41, 5.74) is 3.04. The highest BCUT2D eigenvalue weighted by Gasteiger charge is 2.30. The molecule has 2 heterocycles. The van der Waals surface area contributed by atoms with Crippen molar-refractivity contribution < 1.29 is 23.8 Å². The van der Waals surface area contributed by atoms with Crippen molar-refractivity contribution in [2.24, 2.45) is 5.16 Å². The number of hydrogen-bond donors (Lipinski definition) is 1. The molecule has 2 aromatic carbocycles. The van der Waals surface area contributed by atoms with Gasteiger partial charge in [0.2, 0.25) is 18.3 Å². The van der Waals surface area contributed by atoms with Gasteiger partial charge in [0.05, 0.1) is 19.9 Å². The summed E-state index contributed by atoms with van der Waals surface area (Å²) in [7, 11) is 3.22. The Balaban J connectivity index is 1.35. The van der Waals surface area contributed by atoms with E-state index in [0.29, 0.717) is 36.0 Å². The maximum Gasteiger partial charge on any atom is 0.231 e. The van der Waals surface area contributed by atoms with Gasteiger partial charge < -0.3 is 29.1 Å². The molecule has 1 atom stereocenters. The predicted octanol–water partition coefficient (Wildman–Crippen LogP) is 3.56. The summed E-state index contributed by atoms with van der Waals surface area (Å²) >= 11 is 6.02. The summed E-state index contributed by atoms with van der Waals surface area (Å²) in [6.45, 7) is 1.53. The molecule has 8 heteroatoms. The largest absolute Gasteiger partial charge is 0.493 e. The van der Waals surface area contributed by atoms with Crippen molar-refractivity contribution in [3.05, 3.63) is 46.5 Å². The minimum atomic E-state index is -0.0723. The zero-order valence-electron chi connectivity index (χ0n) is 16.4. The number of ether oxygens (including phenoxy) is 4. The fraction of sp³-hybridized carbons (Fsp3) is 0.381. The molecule has 7 nitrogen and oxygen atoms in total. The van der Waals surface area contributed by atoms with Gasteiger partial charge in [-0.3, -0.25) is 0 Å². The monoisotopic (exact) mass is 418 g/mol. The molecular weight excluding hydrogens is 396 g/mol. The maximum absolute atomic E-state index is 6.02. The molecule has 2 aliphatic heterocycles. The van der Waals surface area contributed by atoms with Gasteiger partial charge in [0.25, 0.3) is 0 Å². The molecule has 0 unspecified atom stereocenters. The molecule has 0 amide bonds. The van der Waals surface area contributed by atoms with Crippen molar-refractivity contribution in [2.75, 3.05) is 27.6 Å². The number of nitrogens with zero attached hydrogens (tertiary/aromatic N) is 1. The Labute approximate surface area is 174 Å². The van der Waals surface area contributed by atoms with Crippen molar-refractivity contribution in [3.63, 3.8) is 0 Å². The molecule has 0 spiro atoms. The molecule has 1 N–H and O–H groups in total. The van der Waals surface area contributed by atoms with Crippen LogP contribution in [0.4, 0.5) is 0 Å². The number of methoxy groups -OCH3 is 2. The van der Waals surface area contributed by atoms with Crippen molar-refractivity contribution in [1.82, 2.24) is 5.32 Å². The SMILES string of the molecule is COc1cc(C[C@@H]2CC(CNCc3cccc(Cl)c3)=NO2)c(OC)c2c1OCO2. The lowest BCUT2D eigenvalue weighted by Crippen LogP contribution is -2.23. The lowest BCUT2D eigenvalue weighted by Gasteiger charge is -2.15. The molecule has 2 aromatic rings. The van der Waals surface area contributed by atoms with Gasteiger partial charge in [0, 0.05) is 36.5 Å². The third kappa shape index (κ3) is 4.36. The van der Waals surface area contributed by atoms with Crippen LogP contribution in [0.1, 0.15) is 17.5 Å². The molecule has 29 heavy (non-hydrogen) atoms. The van der Waals surface area contributed by atoms with E-state index in [1.807, 2.05) is 30.3 Å². The van der Waals surface area contributed by atoms with Gasteiger partial charge >= 0.3 is 0 Å². The normalized spacial score (nSPS) is 17.1. The summed E-state index contributed by atoms with van der Waals surface area (Å²) in [4.78, 5) is 5.64. The number of nitrogens with one attached hydrogen (secondary N) is 1. The van der Waals surface area contributed by atoms with Crippen molar-refractivity contribution in [1.29, 1.82) is 0 Å². The van der Waals surface area contributed by atoms with E-state index in [2.05, 4.69) is 10.5 Å². The Kier molecular flexibility index (Phi) is 5.97. The van der Waals surface area contributed by atoms with Crippen LogP contribution in [0, 0.1) is 0 Å². The first kappa shape index (κ1) is 19.7. The third-order valence-corrected chi connectivity index (χ3v) is 5.09. The van der Waals surface area contributed by atoms with Crippen molar-refractivity contribution in [3.8, 4) is 23.0 Å². The third-order valence-electron chi connectivity index (χ3n) is 4.85. The molecule has 0 fully saturated rings. The van der Waals surface area contributed by atoms with Gasteiger partial charge in [-0.25, -0.2) is 0 Å². The Morgan fingerprint density at radius 1 is 1.14 bits per heavy atom. The van der Waals surface area contributed by atoms with Crippen LogP contribution in [-0.2, 0) is 17.8 Å². The van der Waals surface area contributed by atoms with Crippen LogP contribution in [0.3, 0.4) is 0 Å². The summed E-state index contributed by atoms with van der Waals surface area (Å²) in [6, 6.07) is 9.70. The molecule has 4 rings (SSSR count). The quantitative estimate of drug-likeness (QED) is 0.706. The molecule has 0 radical (unpaired) electrons. The minimum Gasteiger partial charge on any atom is -0.493 e. The van der Waals surface area contributed by atoms with Crippen molar-refractivity contribution in [2.45, 2.75) is 25.5 Å². The second-order valence-electron chi connectivity index (χ2n) is 6.86. The Bertz CT molecular complexity index is 918. The van der Waals surface area contributed by atoms with Crippen LogP contribution in [0.2, 0.25) is 5.02 Å². The molecule has 154 valence electrons. The zero-order chi connectivity index (χ0) is 20.2. The lowest BCUT2D eigenvalue weighted by molar-refractivity contribution is 0.0853. The van der Waals surface area contributed by atoms with E-state index >= 15 is 0 Å². The molecule has 0 aliphatic carbocycles. The van der Waals surface area contributed by atoms with E-state index in [1.165, 1.54) is 0 Å². The number of benzene rings is 2. The highest BCUT2D eigenvalue weighted by atomic mass is 35.5. The van der Waals surface area contributed by atoms with Gasteiger partial charge in [-0.1, -0.05) is 28.9 Å². The first-order valence-corrected chi connectivity index (χ1v) is 9.76. The summed E-state index contributed by atoms with van der Waals surface area (Å²) in [5.74, 6) is 2.41. The minimum absolute atomic E-state index is 0.0723. The molecule has 0 bridgehead atoms. The highest BCUT2D eigenvalue weighted by molar-refractivity contribution is 6.30. The number of oxime groups is 1. The predicted molar refractivity (Wildman–Crippen MR) is 109 cm³/mol. The van der Waals surface area contributed by atoms with Gasteiger partial charge in [0.15, 0.2) is 11.5 Å². The number of halogens is 1. The van der Waals surface area contributed by atoms with Gasteiger partial charge in [-0.05, 0) is 23.8 Å². The number of rotatable bonds is 8. The average molecular weight is 419 g/mol. The summed E-state index contributed by atoms with van der Waals surface area (Å²) in [5, 5.41) is 8.35.